The minimum Gasteiger partial charge on any atom is -0.481 e. The summed E-state index contributed by atoms with van der Waals surface area (Å²) in [5.74, 6) is 2.53. The van der Waals surface area contributed by atoms with Crippen LogP contribution in [0.25, 0.3) is 0 Å². The number of aryl methyl sites for hydroxylation is 1. The molecule has 17 heavy (non-hydrogen) atoms. The van der Waals surface area contributed by atoms with Crippen molar-refractivity contribution < 1.29 is 4.74 Å². The van der Waals surface area contributed by atoms with E-state index in [0.717, 1.165) is 24.2 Å². The molecule has 1 N–H and O–H groups in total. The average molecular weight is 237 g/mol. The van der Waals surface area contributed by atoms with E-state index in [0.29, 0.717) is 0 Å². The van der Waals surface area contributed by atoms with Gasteiger partial charge in [-0.05, 0) is 18.8 Å². The van der Waals surface area contributed by atoms with Crippen molar-refractivity contribution in [2.45, 2.75) is 38.5 Å². The monoisotopic (exact) mass is 237 g/mol. The Hall–Kier alpha value is -1.19. The Labute approximate surface area is 103 Å². The largest absolute Gasteiger partial charge is 0.481 e. The molecule has 0 bridgehead atoms. The molecule has 0 radical (unpaired) electrons. The van der Waals surface area contributed by atoms with E-state index in [4.69, 9.17) is 4.74 Å². The first-order valence-corrected chi connectivity index (χ1v) is 6.61. The summed E-state index contributed by atoms with van der Waals surface area (Å²) >= 11 is 0. The normalized spacial score (nSPS) is 17.8. The maximum Gasteiger partial charge on any atom is 0.213 e. The van der Waals surface area contributed by atoms with Crippen LogP contribution in [-0.4, -0.2) is 23.4 Å². The van der Waals surface area contributed by atoms with Crippen LogP contribution in [0.4, 0.5) is 5.82 Å². The number of methoxy groups -OCH3 is 1. The molecule has 1 aromatic heterocycles. The number of nitrogens with zero attached hydrogens (tertiary/aromatic N) is 2. The zero-order chi connectivity index (χ0) is 12.1. The maximum atomic E-state index is 5.20. The Balaban J connectivity index is 1.83. The molecule has 1 aliphatic rings. The average Bonchev–Trinajstić information content (AvgIpc) is 2.55. The molecule has 0 spiro atoms. The fourth-order valence-corrected chi connectivity index (χ4v) is 2.54. The van der Waals surface area contributed by atoms with Gasteiger partial charge in [0.05, 0.1) is 7.11 Å². The zero-order valence-corrected chi connectivity index (χ0v) is 10.9. The second-order valence-electron chi connectivity index (χ2n) is 4.93. The lowest BCUT2D eigenvalue weighted by Crippen LogP contribution is -2.14. The number of nitrogens with one attached hydrogen (secondary N) is 1. The van der Waals surface area contributed by atoms with Gasteiger partial charge in [-0.15, -0.1) is 0 Å². The Morgan fingerprint density at radius 2 is 2.06 bits per heavy atom. The molecule has 2 rings (SSSR count). The molecule has 4 heteroatoms. The summed E-state index contributed by atoms with van der Waals surface area (Å²) in [5, 5.41) is 7.80. The number of rotatable bonds is 4. The molecule has 1 aromatic rings. The van der Waals surface area contributed by atoms with Gasteiger partial charge in [0.2, 0.25) is 5.88 Å². The fraction of sp³-hybridized carbons (Fsp3) is 0.769. The molecular formula is C13H23N3O. The van der Waals surface area contributed by atoms with Crippen LogP contribution in [0.1, 0.15) is 38.5 Å². The van der Waals surface area contributed by atoms with E-state index in [1.807, 2.05) is 13.1 Å². The summed E-state index contributed by atoms with van der Waals surface area (Å²) in [5.41, 5.74) is 0. The van der Waals surface area contributed by atoms with E-state index in [9.17, 15) is 0 Å². The van der Waals surface area contributed by atoms with Crippen LogP contribution in [0.2, 0.25) is 0 Å². The lowest BCUT2D eigenvalue weighted by Gasteiger charge is -2.13. The van der Waals surface area contributed by atoms with Gasteiger partial charge >= 0.3 is 0 Å². The lowest BCUT2D eigenvalue weighted by molar-refractivity contribution is 0.373. The predicted octanol–water partition coefficient (Wildman–Crippen LogP) is 2.81. The summed E-state index contributed by atoms with van der Waals surface area (Å²) in [6.45, 7) is 1.04. The van der Waals surface area contributed by atoms with Crippen molar-refractivity contribution in [2.24, 2.45) is 13.0 Å². The third kappa shape index (κ3) is 3.38. The second kappa shape index (κ2) is 5.94. The van der Waals surface area contributed by atoms with Gasteiger partial charge in [-0.2, -0.15) is 5.10 Å². The van der Waals surface area contributed by atoms with Crippen LogP contribution in [0.5, 0.6) is 5.88 Å². The summed E-state index contributed by atoms with van der Waals surface area (Å²) < 4.78 is 6.96. The van der Waals surface area contributed by atoms with Gasteiger partial charge in [0.1, 0.15) is 0 Å². The predicted molar refractivity (Wildman–Crippen MR) is 69.4 cm³/mol. The first kappa shape index (κ1) is 12.3. The minimum atomic E-state index is 0.799. The zero-order valence-electron chi connectivity index (χ0n) is 10.9. The highest BCUT2D eigenvalue weighted by atomic mass is 16.5. The SMILES string of the molecule is COc1cc(NCC2CCCCCC2)nn1C. The van der Waals surface area contributed by atoms with Gasteiger partial charge in [0.15, 0.2) is 5.82 Å². The second-order valence-corrected chi connectivity index (χ2v) is 4.93. The van der Waals surface area contributed by atoms with Crippen LogP contribution in [0, 0.1) is 5.92 Å². The molecule has 0 atom stereocenters. The van der Waals surface area contributed by atoms with Gasteiger partial charge in [-0.25, -0.2) is 4.68 Å². The topological polar surface area (TPSA) is 39.1 Å². The highest BCUT2D eigenvalue weighted by Crippen LogP contribution is 2.23. The highest BCUT2D eigenvalue weighted by molar-refractivity contribution is 5.38. The van der Waals surface area contributed by atoms with E-state index in [2.05, 4.69) is 10.4 Å². The molecule has 0 amide bonds. The van der Waals surface area contributed by atoms with Crippen LogP contribution in [0.15, 0.2) is 6.07 Å². The van der Waals surface area contributed by atoms with Crippen LogP contribution in [-0.2, 0) is 7.05 Å². The summed E-state index contributed by atoms with van der Waals surface area (Å²) in [4.78, 5) is 0. The van der Waals surface area contributed by atoms with E-state index >= 15 is 0 Å². The number of hydrogen-bond acceptors (Lipinski definition) is 3. The quantitative estimate of drug-likeness (QED) is 0.818. The van der Waals surface area contributed by atoms with Gasteiger partial charge < -0.3 is 10.1 Å². The van der Waals surface area contributed by atoms with Crippen molar-refractivity contribution >= 4 is 5.82 Å². The highest BCUT2D eigenvalue weighted by Gasteiger charge is 2.13. The molecule has 4 nitrogen and oxygen atoms in total. The van der Waals surface area contributed by atoms with Crippen molar-refractivity contribution in [3.63, 3.8) is 0 Å². The van der Waals surface area contributed by atoms with Crippen molar-refractivity contribution in [2.75, 3.05) is 19.0 Å². The Kier molecular flexibility index (Phi) is 4.29. The smallest absolute Gasteiger partial charge is 0.213 e. The Morgan fingerprint density at radius 3 is 2.65 bits per heavy atom. The molecule has 1 aliphatic carbocycles. The summed E-state index contributed by atoms with van der Waals surface area (Å²) in [6.07, 6.45) is 8.31. The number of anilines is 1. The molecule has 0 aliphatic heterocycles. The Morgan fingerprint density at radius 1 is 1.35 bits per heavy atom. The van der Waals surface area contributed by atoms with E-state index < -0.39 is 0 Å². The number of aromatic nitrogens is 2. The van der Waals surface area contributed by atoms with Crippen molar-refractivity contribution in [3.05, 3.63) is 6.07 Å². The first-order chi connectivity index (χ1) is 8.29. The van der Waals surface area contributed by atoms with E-state index in [-0.39, 0.29) is 0 Å². The van der Waals surface area contributed by atoms with Crippen molar-refractivity contribution in [3.8, 4) is 5.88 Å². The molecule has 1 saturated carbocycles. The third-order valence-corrected chi connectivity index (χ3v) is 3.59. The van der Waals surface area contributed by atoms with Gasteiger partial charge in [-0.3, -0.25) is 0 Å². The van der Waals surface area contributed by atoms with Gasteiger partial charge in [-0.1, -0.05) is 25.7 Å². The van der Waals surface area contributed by atoms with E-state index in [1.54, 1.807) is 11.8 Å². The third-order valence-electron chi connectivity index (χ3n) is 3.59. The number of ether oxygens (including phenoxy) is 1. The standard InChI is InChI=1S/C13H23N3O/c1-16-13(17-2)9-12(15-16)14-10-11-7-5-3-4-6-8-11/h9,11H,3-8,10H2,1-2H3,(H,14,15). The minimum absolute atomic E-state index is 0.799. The molecule has 96 valence electrons. The van der Waals surface area contributed by atoms with Crippen LogP contribution in [0.3, 0.4) is 0 Å². The molecule has 0 aromatic carbocycles. The van der Waals surface area contributed by atoms with Crippen LogP contribution < -0.4 is 10.1 Å². The summed E-state index contributed by atoms with van der Waals surface area (Å²) in [7, 11) is 3.57. The molecule has 1 fully saturated rings. The lowest BCUT2D eigenvalue weighted by atomic mass is 10.0. The maximum absolute atomic E-state index is 5.20. The van der Waals surface area contributed by atoms with Gasteiger partial charge in [0.25, 0.3) is 0 Å². The van der Waals surface area contributed by atoms with Crippen LogP contribution >= 0.6 is 0 Å². The summed E-state index contributed by atoms with van der Waals surface area (Å²) in [6, 6.07) is 1.96. The fourth-order valence-electron chi connectivity index (χ4n) is 2.54. The molecule has 1 heterocycles. The van der Waals surface area contributed by atoms with Crippen molar-refractivity contribution in [1.82, 2.24) is 9.78 Å². The van der Waals surface area contributed by atoms with E-state index in [1.165, 1.54) is 38.5 Å². The molecular weight excluding hydrogens is 214 g/mol. The Bertz CT molecular complexity index is 340. The molecule has 0 unspecified atom stereocenters. The first-order valence-electron chi connectivity index (χ1n) is 6.61. The molecule has 0 saturated heterocycles. The van der Waals surface area contributed by atoms with Crippen molar-refractivity contribution in [1.29, 1.82) is 0 Å². The van der Waals surface area contributed by atoms with Gasteiger partial charge in [0, 0.05) is 19.7 Å². The number of hydrogen-bond donors (Lipinski definition) is 1.